The number of hydrogen-bond acceptors (Lipinski definition) is 1. The molecule has 0 bridgehead atoms. The number of rotatable bonds is 2. The lowest BCUT2D eigenvalue weighted by molar-refractivity contribution is -0.113. The van der Waals surface area contributed by atoms with E-state index in [4.69, 9.17) is 0 Å². The molecule has 1 heteroatoms. The van der Waals surface area contributed by atoms with E-state index in [9.17, 15) is 4.79 Å². The molecule has 0 aliphatic heterocycles. The van der Waals surface area contributed by atoms with Gasteiger partial charge in [-0.2, -0.15) is 0 Å². The molecule has 0 heterocycles. The van der Waals surface area contributed by atoms with E-state index in [0.29, 0.717) is 0 Å². The largest absolute Gasteiger partial charge is 0.294 e. The van der Waals surface area contributed by atoms with Crippen molar-refractivity contribution in [2.45, 2.75) is 6.92 Å². The fraction of sp³-hybridized carbons (Fsp3) is 0.100. The van der Waals surface area contributed by atoms with Gasteiger partial charge in [-0.15, -0.1) is 0 Å². The highest BCUT2D eigenvalue weighted by Crippen LogP contribution is 1.99. The van der Waals surface area contributed by atoms with Gasteiger partial charge in [0.25, 0.3) is 0 Å². The molecule has 0 aliphatic carbocycles. The van der Waals surface area contributed by atoms with Gasteiger partial charge in [0, 0.05) is 6.08 Å². The highest BCUT2D eigenvalue weighted by molar-refractivity contribution is 5.87. The van der Waals surface area contributed by atoms with Crippen molar-refractivity contribution in [3.8, 4) is 0 Å². The zero-order valence-electron chi connectivity index (χ0n) is 6.37. The van der Waals surface area contributed by atoms with Crippen LogP contribution in [0, 0.1) is 6.08 Å². The number of allylic oxidation sites excluding steroid dienone is 1. The number of Topliss-reactive ketones (excluding diaryl/α,β-unsaturated/α-hetero) is 1. The highest BCUT2D eigenvalue weighted by atomic mass is 16.1. The monoisotopic (exact) mass is 145 g/mol. The predicted octanol–water partition coefficient (Wildman–Crippen LogP) is 2.09. The molecule has 0 unspecified atom stereocenters. The van der Waals surface area contributed by atoms with E-state index in [-0.39, 0.29) is 5.78 Å². The minimum atomic E-state index is -0.0474. The first-order chi connectivity index (χ1) is 5.29. The topological polar surface area (TPSA) is 17.1 Å². The Bertz CT molecular complexity index is 259. The molecule has 0 aromatic heterocycles. The van der Waals surface area contributed by atoms with E-state index in [0.717, 1.165) is 5.56 Å². The van der Waals surface area contributed by atoms with Gasteiger partial charge in [0.2, 0.25) is 0 Å². The van der Waals surface area contributed by atoms with Crippen LogP contribution in [0.25, 0.3) is 6.08 Å². The molecule has 0 spiro atoms. The van der Waals surface area contributed by atoms with Gasteiger partial charge in [0.1, 0.15) is 0 Å². The lowest BCUT2D eigenvalue weighted by atomic mass is 10.2. The van der Waals surface area contributed by atoms with E-state index in [2.05, 4.69) is 6.08 Å². The molecular weight excluding hydrogens is 136 g/mol. The minimum absolute atomic E-state index is 0.0474. The normalized spacial score (nSPS) is 10.3. The lowest BCUT2D eigenvalue weighted by Gasteiger charge is -1.87. The maximum Gasteiger partial charge on any atom is 0.160 e. The first-order valence-electron chi connectivity index (χ1n) is 3.44. The number of carbonyl (C=O) groups excluding carboxylic acids is 1. The summed E-state index contributed by atoms with van der Waals surface area (Å²) in [5.74, 6) is -0.0474. The Kier molecular flexibility index (Phi) is 2.61. The Morgan fingerprint density at radius 2 is 2.00 bits per heavy atom. The maximum absolute atomic E-state index is 10.5. The summed E-state index contributed by atoms with van der Waals surface area (Å²) >= 11 is 0. The second-order valence-corrected chi connectivity index (χ2v) is 2.26. The third kappa shape index (κ3) is 2.80. The first-order valence-corrected chi connectivity index (χ1v) is 3.44. The highest BCUT2D eigenvalue weighted by Gasteiger charge is 1.84. The molecule has 11 heavy (non-hydrogen) atoms. The van der Waals surface area contributed by atoms with Gasteiger partial charge in [-0.3, -0.25) is 4.79 Å². The van der Waals surface area contributed by atoms with Crippen molar-refractivity contribution in [1.82, 2.24) is 0 Å². The number of carbonyl (C=O) groups is 1. The van der Waals surface area contributed by atoms with Crippen LogP contribution >= 0.6 is 0 Å². The van der Waals surface area contributed by atoms with Crippen LogP contribution in [0.1, 0.15) is 12.5 Å². The molecule has 1 rings (SSSR count). The maximum atomic E-state index is 10.5. The van der Waals surface area contributed by atoms with E-state index in [1.54, 1.807) is 6.08 Å². The predicted molar refractivity (Wildman–Crippen MR) is 44.8 cm³/mol. The number of benzene rings is 1. The van der Waals surface area contributed by atoms with Gasteiger partial charge in [-0.1, -0.05) is 30.3 Å². The van der Waals surface area contributed by atoms with Crippen LogP contribution in [0.3, 0.4) is 0 Å². The molecule has 0 fully saturated rings. The molecule has 1 aromatic rings. The molecular formula is C10H9O. The smallest absolute Gasteiger partial charge is 0.160 e. The van der Waals surface area contributed by atoms with E-state index < -0.39 is 0 Å². The summed E-state index contributed by atoms with van der Waals surface area (Å²) in [6.07, 6.45) is 4.28. The van der Waals surface area contributed by atoms with Crippen LogP contribution in [-0.4, -0.2) is 5.78 Å². The zero-order valence-corrected chi connectivity index (χ0v) is 6.37. The molecule has 1 nitrogen and oxygen atoms in total. The average Bonchev–Trinajstić information content (AvgIpc) is 2.03. The van der Waals surface area contributed by atoms with Crippen LogP contribution in [0.2, 0.25) is 0 Å². The third-order valence-corrected chi connectivity index (χ3v) is 1.24. The molecule has 0 aliphatic rings. The van der Waals surface area contributed by atoms with Gasteiger partial charge in [0.05, 0.1) is 0 Å². The standard InChI is InChI=1S/C10H9O/c1-9(11)7-8-10-5-3-2-4-6-10/h2-6,8H,1H3. The van der Waals surface area contributed by atoms with E-state index in [1.807, 2.05) is 30.3 Å². The lowest BCUT2D eigenvalue weighted by Crippen LogP contribution is -1.80. The van der Waals surface area contributed by atoms with Crippen molar-refractivity contribution in [2.75, 3.05) is 0 Å². The third-order valence-electron chi connectivity index (χ3n) is 1.24. The van der Waals surface area contributed by atoms with Crippen molar-refractivity contribution in [2.24, 2.45) is 0 Å². The van der Waals surface area contributed by atoms with Crippen LogP contribution in [0.15, 0.2) is 30.3 Å². The summed E-state index contributed by atoms with van der Waals surface area (Å²) in [6.45, 7) is 1.49. The van der Waals surface area contributed by atoms with Gasteiger partial charge < -0.3 is 0 Å². The summed E-state index contributed by atoms with van der Waals surface area (Å²) in [5, 5.41) is 0. The molecule has 0 N–H and O–H groups in total. The van der Waals surface area contributed by atoms with Crippen molar-refractivity contribution in [3.63, 3.8) is 0 Å². The van der Waals surface area contributed by atoms with E-state index in [1.165, 1.54) is 6.92 Å². The fourth-order valence-corrected chi connectivity index (χ4v) is 0.734. The second-order valence-electron chi connectivity index (χ2n) is 2.26. The van der Waals surface area contributed by atoms with Gasteiger partial charge in [0.15, 0.2) is 5.78 Å². The average molecular weight is 145 g/mol. The Hall–Kier alpha value is -1.37. The van der Waals surface area contributed by atoms with Crippen LogP contribution in [0.5, 0.6) is 0 Å². The minimum Gasteiger partial charge on any atom is -0.294 e. The van der Waals surface area contributed by atoms with Crippen molar-refractivity contribution < 1.29 is 4.79 Å². The summed E-state index contributed by atoms with van der Waals surface area (Å²) < 4.78 is 0. The van der Waals surface area contributed by atoms with Crippen molar-refractivity contribution in [3.05, 3.63) is 42.0 Å². The summed E-state index contributed by atoms with van der Waals surface area (Å²) in [4.78, 5) is 10.5. The van der Waals surface area contributed by atoms with Gasteiger partial charge in [-0.25, -0.2) is 0 Å². The molecule has 0 saturated carbocycles. The molecule has 1 aromatic carbocycles. The quantitative estimate of drug-likeness (QED) is 0.582. The van der Waals surface area contributed by atoms with Crippen molar-refractivity contribution >= 4 is 11.9 Å². The van der Waals surface area contributed by atoms with Gasteiger partial charge >= 0.3 is 0 Å². The Labute approximate surface area is 66.4 Å². The molecule has 1 radical (unpaired) electrons. The Morgan fingerprint density at radius 1 is 1.36 bits per heavy atom. The SMILES string of the molecule is CC(=O)/[C]=C\c1ccccc1. The molecule has 55 valence electrons. The van der Waals surface area contributed by atoms with Crippen LogP contribution in [-0.2, 0) is 4.79 Å². The van der Waals surface area contributed by atoms with Crippen LogP contribution < -0.4 is 0 Å². The first kappa shape index (κ1) is 7.73. The van der Waals surface area contributed by atoms with Crippen LogP contribution in [0.4, 0.5) is 0 Å². The fourth-order valence-electron chi connectivity index (χ4n) is 0.734. The van der Waals surface area contributed by atoms with Crippen molar-refractivity contribution in [1.29, 1.82) is 0 Å². The summed E-state index contributed by atoms with van der Waals surface area (Å²) in [5.41, 5.74) is 1.00. The van der Waals surface area contributed by atoms with Gasteiger partial charge in [-0.05, 0) is 18.6 Å². The second kappa shape index (κ2) is 3.71. The molecule has 0 amide bonds. The Morgan fingerprint density at radius 3 is 2.55 bits per heavy atom. The summed E-state index contributed by atoms with van der Waals surface area (Å²) in [6, 6.07) is 9.64. The molecule has 0 atom stereocenters. The number of ketones is 1. The molecule has 0 saturated heterocycles. The van der Waals surface area contributed by atoms with E-state index >= 15 is 0 Å². The summed E-state index contributed by atoms with van der Waals surface area (Å²) in [7, 11) is 0. The Balaban J connectivity index is 2.72. The number of hydrogen-bond donors (Lipinski definition) is 0. The zero-order chi connectivity index (χ0) is 8.10.